The van der Waals surface area contributed by atoms with Gasteiger partial charge in [0.1, 0.15) is 0 Å². The molecule has 1 aliphatic rings. The van der Waals surface area contributed by atoms with Crippen LogP contribution in [0.5, 0.6) is 0 Å². The summed E-state index contributed by atoms with van der Waals surface area (Å²) in [5.41, 5.74) is 7.68. The van der Waals surface area contributed by atoms with Gasteiger partial charge in [-0.2, -0.15) is 0 Å². The zero-order chi connectivity index (χ0) is 13.4. The maximum atomic E-state index is 2.44. The summed E-state index contributed by atoms with van der Waals surface area (Å²) in [5, 5.41) is 0. The van der Waals surface area contributed by atoms with Gasteiger partial charge in [-0.25, -0.2) is 0 Å². The number of rotatable bonds is 3. The molecule has 102 valence electrons. The summed E-state index contributed by atoms with van der Waals surface area (Å²) in [5.74, 6) is 1.90. The van der Waals surface area contributed by atoms with Crippen LogP contribution in [0.1, 0.15) is 75.6 Å². The van der Waals surface area contributed by atoms with Crippen LogP contribution in [-0.4, -0.2) is 0 Å². The SMILES string of the molecule is CC(C)C1=Cc2c(cc(C(C)C)cc2C(C)C)C1.[Zr]. The van der Waals surface area contributed by atoms with Gasteiger partial charge in [0.05, 0.1) is 0 Å². The Morgan fingerprint density at radius 3 is 1.95 bits per heavy atom. The Morgan fingerprint density at radius 1 is 0.842 bits per heavy atom. The van der Waals surface area contributed by atoms with Gasteiger partial charge in [0.25, 0.3) is 0 Å². The van der Waals surface area contributed by atoms with Crippen molar-refractivity contribution in [3.05, 3.63) is 40.0 Å². The topological polar surface area (TPSA) is 0 Å². The van der Waals surface area contributed by atoms with Crippen molar-refractivity contribution >= 4 is 6.08 Å². The number of benzene rings is 1. The van der Waals surface area contributed by atoms with Gasteiger partial charge in [0.2, 0.25) is 0 Å². The van der Waals surface area contributed by atoms with E-state index in [2.05, 4.69) is 59.8 Å². The van der Waals surface area contributed by atoms with E-state index in [1.807, 2.05) is 0 Å². The maximum absolute atomic E-state index is 2.44. The van der Waals surface area contributed by atoms with Crippen molar-refractivity contribution in [2.75, 3.05) is 0 Å². The molecule has 1 aliphatic carbocycles. The second kappa shape index (κ2) is 6.53. The second-order valence-corrected chi connectivity index (χ2v) is 6.54. The van der Waals surface area contributed by atoms with Crippen LogP contribution in [0.2, 0.25) is 0 Å². The van der Waals surface area contributed by atoms with Gasteiger partial charge in [-0.15, -0.1) is 0 Å². The van der Waals surface area contributed by atoms with E-state index < -0.39 is 0 Å². The molecule has 1 aromatic rings. The summed E-state index contributed by atoms with van der Waals surface area (Å²) in [6.07, 6.45) is 3.60. The second-order valence-electron chi connectivity index (χ2n) is 6.54. The van der Waals surface area contributed by atoms with Crippen LogP contribution >= 0.6 is 0 Å². The monoisotopic (exact) mass is 332 g/mol. The molecule has 0 amide bonds. The van der Waals surface area contributed by atoms with E-state index in [0.29, 0.717) is 17.8 Å². The van der Waals surface area contributed by atoms with E-state index in [4.69, 9.17) is 0 Å². The van der Waals surface area contributed by atoms with Crippen LogP contribution < -0.4 is 0 Å². The normalized spacial score (nSPS) is 13.8. The first kappa shape index (κ1) is 16.9. The van der Waals surface area contributed by atoms with Crippen molar-refractivity contribution in [1.29, 1.82) is 0 Å². The maximum Gasteiger partial charge on any atom is 0 e. The number of fused-ring (bicyclic) bond motifs is 1. The minimum absolute atomic E-state index is 0. The molecule has 19 heavy (non-hydrogen) atoms. The Kier molecular flexibility index (Phi) is 5.81. The molecule has 0 spiro atoms. The van der Waals surface area contributed by atoms with Gasteiger partial charge < -0.3 is 0 Å². The minimum Gasteiger partial charge on any atom is -0.0626 e. The molecule has 0 fully saturated rings. The van der Waals surface area contributed by atoms with Gasteiger partial charge in [-0.05, 0) is 46.4 Å². The third-order valence-electron chi connectivity index (χ3n) is 4.07. The smallest absolute Gasteiger partial charge is 0 e. The molecule has 0 heterocycles. The van der Waals surface area contributed by atoms with Crippen LogP contribution in [0.3, 0.4) is 0 Å². The first-order valence-electron chi connectivity index (χ1n) is 7.27. The molecule has 0 nitrogen and oxygen atoms in total. The van der Waals surface area contributed by atoms with Gasteiger partial charge in [0.15, 0.2) is 0 Å². The predicted octanol–water partition coefficient (Wildman–Crippen LogP) is 5.53. The fraction of sp³-hybridized carbons (Fsp3) is 0.556. The quantitative estimate of drug-likeness (QED) is 0.682. The van der Waals surface area contributed by atoms with Crippen molar-refractivity contribution in [2.24, 2.45) is 5.92 Å². The molecule has 0 saturated carbocycles. The molecule has 0 unspecified atom stereocenters. The zero-order valence-electron chi connectivity index (χ0n) is 13.2. The number of allylic oxidation sites excluding steroid dienone is 1. The van der Waals surface area contributed by atoms with Gasteiger partial charge in [0, 0.05) is 26.2 Å². The van der Waals surface area contributed by atoms with Crippen LogP contribution in [0, 0.1) is 5.92 Å². The van der Waals surface area contributed by atoms with E-state index in [0.717, 1.165) is 6.42 Å². The fourth-order valence-corrected chi connectivity index (χ4v) is 2.72. The molecular formula is C18H26Zr. The molecule has 1 aromatic carbocycles. The molecule has 0 saturated heterocycles. The average Bonchev–Trinajstić information content (AvgIpc) is 2.70. The molecule has 0 bridgehead atoms. The zero-order valence-corrected chi connectivity index (χ0v) is 15.6. The summed E-state index contributed by atoms with van der Waals surface area (Å²) >= 11 is 0. The van der Waals surface area contributed by atoms with Crippen molar-refractivity contribution < 1.29 is 26.2 Å². The predicted molar refractivity (Wildman–Crippen MR) is 81.1 cm³/mol. The Bertz CT molecular complexity index is 479. The first-order valence-corrected chi connectivity index (χ1v) is 7.27. The van der Waals surface area contributed by atoms with Gasteiger partial charge >= 0.3 is 0 Å². The van der Waals surface area contributed by atoms with Gasteiger partial charge in [-0.1, -0.05) is 65.3 Å². The van der Waals surface area contributed by atoms with E-state index in [9.17, 15) is 0 Å². The third-order valence-corrected chi connectivity index (χ3v) is 4.07. The minimum atomic E-state index is 0. The van der Waals surface area contributed by atoms with Crippen molar-refractivity contribution in [1.82, 2.24) is 0 Å². The van der Waals surface area contributed by atoms with Crippen LogP contribution in [-0.2, 0) is 32.6 Å². The summed E-state index contributed by atoms with van der Waals surface area (Å²) < 4.78 is 0. The Balaban J connectivity index is 0.00000180. The van der Waals surface area contributed by atoms with Crippen LogP contribution in [0.15, 0.2) is 17.7 Å². The molecule has 0 aliphatic heterocycles. The Hall–Kier alpha value is -0.157. The Morgan fingerprint density at radius 2 is 1.47 bits per heavy atom. The molecule has 2 rings (SSSR count). The summed E-state index contributed by atoms with van der Waals surface area (Å²) in [4.78, 5) is 0. The molecule has 1 heteroatoms. The van der Waals surface area contributed by atoms with Crippen LogP contribution in [0.4, 0.5) is 0 Å². The van der Waals surface area contributed by atoms with Crippen molar-refractivity contribution in [2.45, 2.75) is 59.8 Å². The van der Waals surface area contributed by atoms with Crippen molar-refractivity contribution in [3.8, 4) is 0 Å². The Labute approximate surface area is 137 Å². The van der Waals surface area contributed by atoms with Crippen molar-refractivity contribution in [3.63, 3.8) is 0 Å². The average molecular weight is 334 g/mol. The van der Waals surface area contributed by atoms with Gasteiger partial charge in [-0.3, -0.25) is 0 Å². The van der Waals surface area contributed by atoms with E-state index in [1.54, 1.807) is 11.1 Å². The molecular weight excluding hydrogens is 307 g/mol. The fourth-order valence-electron chi connectivity index (χ4n) is 2.72. The molecule has 0 atom stereocenters. The van der Waals surface area contributed by atoms with Crippen LogP contribution in [0.25, 0.3) is 6.08 Å². The van der Waals surface area contributed by atoms with E-state index in [1.165, 1.54) is 16.7 Å². The summed E-state index contributed by atoms with van der Waals surface area (Å²) in [6.45, 7) is 13.8. The molecule has 0 aromatic heterocycles. The van der Waals surface area contributed by atoms with E-state index in [-0.39, 0.29) is 26.2 Å². The van der Waals surface area contributed by atoms with E-state index >= 15 is 0 Å². The molecule has 0 N–H and O–H groups in total. The number of hydrogen-bond acceptors (Lipinski definition) is 0. The first-order chi connectivity index (χ1) is 8.40. The standard InChI is InChI=1S/C18H26.Zr/c1-11(2)14-7-16-8-15(12(3)4)10-18(16)17(9-14)13(5)6;/h7,9-13H,8H2,1-6H3;. The number of hydrogen-bond donors (Lipinski definition) is 0. The third kappa shape index (κ3) is 3.49. The molecule has 0 radical (unpaired) electrons. The largest absolute Gasteiger partial charge is 0.0626 e. The summed E-state index contributed by atoms with van der Waals surface area (Å²) in [7, 11) is 0. The summed E-state index contributed by atoms with van der Waals surface area (Å²) in [6, 6.07) is 4.85.